The van der Waals surface area contributed by atoms with Crippen LogP contribution in [0.5, 0.6) is 0 Å². The molecule has 0 bridgehead atoms. The van der Waals surface area contributed by atoms with Gasteiger partial charge in [-0.25, -0.2) is 9.97 Å². The van der Waals surface area contributed by atoms with Crippen molar-refractivity contribution in [1.82, 2.24) is 9.97 Å². The Kier molecular flexibility index (Phi) is 3.99. The third-order valence-electron chi connectivity index (χ3n) is 3.08. The fourth-order valence-corrected chi connectivity index (χ4v) is 2.39. The van der Waals surface area contributed by atoms with Gasteiger partial charge in [0.05, 0.1) is 5.92 Å². The van der Waals surface area contributed by atoms with Gasteiger partial charge < -0.3 is 4.90 Å². The molecule has 0 aliphatic carbocycles. The summed E-state index contributed by atoms with van der Waals surface area (Å²) in [4.78, 5) is 10.2. The Morgan fingerprint density at radius 3 is 2.56 bits per heavy atom. The molecule has 0 saturated carbocycles. The van der Waals surface area contributed by atoms with E-state index in [1.54, 1.807) is 12.3 Å². The van der Waals surface area contributed by atoms with E-state index in [0.717, 1.165) is 5.82 Å². The van der Waals surface area contributed by atoms with Gasteiger partial charge in [0.1, 0.15) is 5.82 Å². The SMILES string of the molecule is CSc1nccc(N2CCC(C(F)(F)F)CC2)n1. The normalized spacial score (nSPS) is 18.1. The van der Waals surface area contributed by atoms with Crippen molar-refractivity contribution < 1.29 is 13.2 Å². The summed E-state index contributed by atoms with van der Waals surface area (Å²) in [7, 11) is 0. The fourth-order valence-electron chi connectivity index (χ4n) is 2.04. The summed E-state index contributed by atoms with van der Waals surface area (Å²) in [6, 6.07) is 1.74. The summed E-state index contributed by atoms with van der Waals surface area (Å²) in [5.41, 5.74) is 0. The fraction of sp³-hybridized carbons (Fsp3) is 0.636. The minimum Gasteiger partial charge on any atom is -0.356 e. The topological polar surface area (TPSA) is 29.0 Å². The van der Waals surface area contributed by atoms with Crippen LogP contribution >= 0.6 is 11.8 Å². The van der Waals surface area contributed by atoms with E-state index in [9.17, 15) is 13.2 Å². The molecule has 0 amide bonds. The van der Waals surface area contributed by atoms with Crippen LogP contribution in [0.15, 0.2) is 17.4 Å². The van der Waals surface area contributed by atoms with Crippen molar-refractivity contribution in [3.8, 4) is 0 Å². The van der Waals surface area contributed by atoms with Gasteiger partial charge in [-0.2, -0.15) is 13.2 Å². The van der Waals surface area contributed by atoms with E-state index in [2.05, 4.69) is 9.97 Å². The molecule has 2 rings (SSSR count). The van der Waals surface area contributed by atoms with Gasteiger partial charge in [-0.1, -0.05) is 11.8 Å². The molecule has 2 heterocycles. The minimum atomic E-state index is -4.07. The lowest BCUT2D eigenvalue weighted by atomic mass is 9.96. The lowest BCUT2D eigenvalue weighted by Gasteiger charge is -2.33. The highest BCUT2D eigenvalue weighted by atomic mass is 32.2. The van der Waals surface area contributed by atoms with Crippen LogP contribution in [0.1, 0.15) is 12.8 Å². The lowest BCUT2D eigenvalue weighted by molar-refractivity contribution is -0.179. The number of piperidine rings is 1. The van der Waals surface area contributed by atoms with E-state index in [1.807, 2.05) is 11.2 Å². The quantitative estimate of drug-likeness (QED) is 0.614. The highest BCUT2D eigenvalue weighted by Gasteiger charge is 2.41. The second-order valence-corrected chi connectivity index (χ2v) is 4.98. The Balaban J connectivity index is 2.01. The number of hydrogen-bond acceptors (Lipinski definition) is 4. The maximum Gasteiger partial charge on any atom is 0.391 e. The van der Waals surface area contributed by atoms with Crippen LogP contribution < -0.4 is 4.90 Å². The highest BCUT2D eigenvalue weighted by Crippen LogP contribution is 2.35. The third-order valence-corrected chi connectivity index (χ3v) is 3.65. The summed E-state index contributed by atoms with van der Waals surface area (Å²) < 4.78 is 37.6. The zero-order valence-corrected chi connectivity index (χ0v) is 10.8. The Labute approximate surface area is 108 Å². The van der Waals surface area contributed by atoms with E-state index in [4.69, 9.17) is 0 Å². The van der Waals surface area contributed by atoms with Crippen LogP contribution in [0.4, 0.5) is 19.0 Å². The predicted molar refractivity (Wildman–Crippen MR) is 64.8 cm³/mol. The number of alkyl halides is 3. The molecule has 1 fully saturated rings. The van der Waals surface area contributed by atoms with Crippen molar-refractivity contribution in [3.63, 3.8) is 0 Å². The molecule has 0 atom stereocenters. The molecule has 1 aromatic heterocycles. The molecule has 0 spiro atoms. The van der Waals surface area contributed by atoms with Crippen molar-refractivity contribution in [2.75, 3.05) is 24.2 Å². The third kappa shape index (κ3) is 3.07. The van der Waals surface area contributed by atoms with E-state index < -0.39 is 12.1 Å². The molecular formula is C11H14F3N3S. The van der Waals surface area contributed by atoms with Gasteiger partial charge in [-0.05, 0) is 25.2 Å². The number of hydrogen-bond donors (Lipinski definition) is 0. The number of thioether (sulfide) groups is 1. The molecule has 1 aromatic rings. The van der Waals surface area contributed by atoms with Crippen LogP contribution in [-0.4, -0.2) is 35.5 Å². The first-order chi connectivity index (χ1) is 8.50. The smallest absolute Gasteiger partial charge is 0.356 e. The van der Waals surface area contributed by atoms with Crippen molar-refractivity contribution in [1.29, 1.82) is 0 Å². The summed E-state index contributed by atoms with van der Waals surface area (Å²) in [5.74, 6) is -0.453. The molecule has 18 heavy (non-hydrogen) atoms. The monoisotopic (exact) mass is 277 g/mol. The second-order valence-electron chi connectivity index (χ2n) is 4.20. The molecule has 1 aliphatic heterocycles. The first-order valence-corrected chi connectivity index (χ1v) is 6.92. The molecule has 1 saturated heterocycles. The first kappa shape index (κ1) is 13.5. The average molecular weight is 277 g/mol. The van der Waals surface area contributed by atoms with Gasteiger partial charge in [0, 0.05) is 19.3 Å². The maximum atomic E-state index is 12.5. The largest absolute Gasteiger partial charge is 0.391 e. The van der Waals surface area contributed by atoms with Gasteiger partial charge in [-0.3, -0.25) is 0 Å². The highest BCUT2D eigenvalue weighted by molar-refractivity contribution is 7.98. The average Bonchev–Trinajstić information content (AvgIpc) is 2.38. The van der Waals surface area contributed by atoms with Crippen LogP contribution in [0.25, 0.3) is 0 Å². The molecule has 0 N–H and O–H groups in total. The Hall–Kier alpha value is -0.980. The molecule has 0 radical (unpaired) electrons. The molecular weight excluding hydrogens is 263 g/mol. The van der Waals surface area contributed by atoms with E-state index in [-0.39, 0.29) is 12.8 Å². The van der Waals surface area contributed by atoms with E-state index >= 15 is 0 Å². The minimum absolute atomic E-state index is 0.141. The van der Waals surface area contributed by atoms with Gasteiger partial charge in [-0.15, -0.1) is 0 Å². The standard InChI is InChI=1S/C11H14F3N3S/c1-18-10-15-5-2-9(16-10)17-6-3-8(4-7-17)11(12,13)14/h2,5,8H,3-4,6-7H2,1H3. The van der Waals surface area contributed by atoms with Gasteiger partial charge in [0.2, 0.25) is 0 Å². The zero-order valence-electron chi connectivity index (χ0n) is 9.94. The Bertz CT molecular complexity index is 403. The second kappa shape index (κ2) is 5.34. The van der Waals surface area contributed by atoms with Crippen LogP contribution in [0, 0.1) is 5.92 Å². The van der Waals surface area contributed by atoms with Crippen molar-refractivity contribution in [2.24, 2.45) is 5.92 Å². The molecule has 7 heteroatoms. The number of aromatic nitrogens is 2. The van der Waals surface area contributed by atoms with Crippen molar-refractivity contribution in [3.05, 3.63) is 12.3 Å². The molecule has 100 valence electrons. The molecule has 1 aliphatic rings. The number of halogens is 3. The molecule has 0 unspecified atom stereocenters. The van der Waals surface area contributed by atoms with Crippen LogP contribution in [0.2, 0.25) is 0 Å². The number of nitrogens with zero attached hydrogens (tertiary/aromatic N) is 3. The summed E-state index contributed by atoms with van der Waals surface area (Å²) in [5, 5.41) is 0.644. The van der Waals surface area contributed by atoms with E-state index in [1.165, 1.54) is 11.8 Å². The van der Waals surface area contributed by atoms with Crippen molar-refractivity contribution in [2.45, 2.75) is 24.2 Å². The number of rotatable bonds is 2. The van der Waals surface area contributed by atoms with Gasteiger partial charge in [0.15, 0.2) is 5.16 Å². The van der Waals surface area contributed by atoms with Crippen molar-refractivity contribution >= 4 is 17.6 Å². The van der Waals surface area contributed by atoms with Gasteiger partial charge in [0.25, 0.3) is 0 Å². The predicted octanol–water partition coefficient (Wildman–Crippen LogP) is 2.98. The molecule has 3 nitrogen and oxygen atoms in total. The van der Waals surface area contributed by atoms with E-state index in [0.29, 0.717) is 18.2 Å². The first-order valence-electron chi connectivity index (χ1n) is 5.69. The Morgan fingerprint density at radius 2 is 2.00 bits per heavy atom. The Morgan fingerprint density at radius 1 is 1.33 bits per heavy atom. The maximum absolute atomic E-state index is 12.5. The number of anilines is 1. The molecule has 0 aromatic carbocycles. The zero-order chi connectivity index (χ0) is 13.2. The van der Waals surface area contributed by atoms with Crippen LogP contribution in [-0.2, 0) is 0 Å². The lowest BCUT2D eigenvalue weighted by Crippen LogP contribution is -2.39. The summed E-state index contributed by atoms with van der Waals surface area (Å²) in [6.45, 7) is 0.796. The van der Waals surface area contributed by atoms with Crippen LogP contribution in [0.3, 0.4) is 0 Å². The van der Waals surface area contributed by atoms with Gasteiger partial charge >= 0.3 is 6.18 Å². The summed E-state index contributed by atoms with van der Waals surface area (Å²) >= 11 is 1.42. The summed E-state index contributed by atoms with van der Waals surface area (Å²) in [6.07, 6.45) is -0.272.